The summed E-state index contributed by atoms with van der Waals surface area (Å²) in [5, 5.41) is 12.8. The van der Waals surface area contributed by atoms with Gasteiger partial charge in [-0.1, -0.05) is 12.1 Å². The summed E-state index contributed by atoms with van der Waals surface area (Å²) in [7, 11) is 0. The molecule has 0 spiro atoms. The highest BCUT2D eigenvalue weighted by Crippen LogP contribution is 2.26. The zero-order valence-electron chi connectivity index (χ0n) is 16.8. The van der Waals surface area contributed by atoms with Crippen molar-refractivity contribution in [3.63, 3.8) is 0 Å². The van der Waals surface area contributed by atoms with Crippen molar-refractivity contribution in [3.8, 4) is 0 Å². The largest absolute Gasteiger partial charge is 0.476 e. The van der Waals surface area contributed by atoms with Crippen molar-refractivity contribution in [2.75, 3.05) is 44.2 Å². The number of aromatic nitrogens is 2. The zero-order valence-corrected chi connectivity index (χ0v) is 16.8. The molecule has 0 aliphatic carbocycles. The molecule has 154 valence electrons. The molecule has 0 saturated carbocycles. The number of aryl methyl sites for hydroxylation is 1. The summed E-state index contributed by atoms with van der Waals surface area (Å²) < 4.78 is 1.11. The summed E-state index contributed by atoms with van der Waals surface area (Å²) >= 11 is 0. The Morgan fingerprint density at radius 1 is 1.03 bits per heavy atom. The Morgan fingerprint density at radius 2 is 1.76 bits per heavy atom. The number of nitrogens with zero attached hydrogens (tertiary/aromatic N) is 5. The first-order chi connectivity index (χ1) is 14.0. The molecule has 29 heavy (non-hydrogen) atoms. The lowest BCUT2D eigenvalue weighted by molar-refractivity contribution is 0.0689. The second kappa shape index (κ2) is 8.24. The Labute approximate surface area is 170 Å². The summed E-state index contributed by atoms with van der Waals surface area (Å²) in [5.74, 6) is -1.13. The molecule has 0 atom stereocenters. The third-order valence-corrected chi connectivity index (χ3v) is 5.77. The molecule has 1 aromatic carbocycles. The molecule has 2 saturated heterocycles. The maximum absolute atomic E-state index is 12.5. The first kappa shape index (κ1) is 19.4. The quantitative estimate of drug-likeness (QED) is 0.852. The average Bonchev–Trinajstić information content (AvgIpc) is 3.42. The summed E-state index contributed by atoms with van der Waals surface area (Å²) in [6.07, 6.45) is 3.94. The molecule has 0 radical (unpaired) electrons. The number of rotatable bonds is 4. The highest BCUT2D eigenvalue weighted by atomic mass is 16.4. The van der Waals surface area contributed by atoms with Crippen molar-refractivity contribution >= 4 is 17.7 Å². The van der Waals surface area contributed by atoms with Gasteiger partial charge in [0.1, 0.15) is 0 Å². The van der Waals surface area contributed by atoms with Gasteiger partial charge in [-0.05, 0) is 43.0 Å². The summed E-state index contributed by atoms with van der Waals surface area (Å²) in [6.45, 7) is 8.10. The number of benzene rings is 1. The van der Waals surface area contributed by atoms with Crippen LogP contribution in [0.2, 0.25) is 0 Å². The number of hydrogen-bond acceptors (Lipinski definition) is 5. The van der Waals surface area contributed by atoms with E-state index in [0.717, 1.165) is 37.4 Å². The fraction of sp³-hybridized carbons (Fsp3) is 0.476. The van der Waals surface area contributed by atoms with E-state index in [9.17, 15) is 9.59 Å². The molecule has 0 bridgehead atoms. The minimum absolute atomic E-state index is 0.120. The van der Waals surface area contributed by atoms with Gasteiger partial charge in [0.15, 0.2) is 5.69 Å². The molecule has 8 nitrogen and oxygen atoms in total. The van der Waals surface area contributed by atoms with Gasteiger partial charge in [-0.25, -0.2) is 9.59 Å². The minimum atomic E-state index is -1.13. The molecule has 8 heteroatoms. The van der Waals surface area contributed by atoms with E-state index in [4.69, 9.17) is 5.11 Å². The van der Waals surface area contributed by atoms with Crippen LogP contribution in [-0.2, 0) is 6.54 Å². The van der Waals surface area contributed by atoms with Crippen molar-refractivity contribution in [1.29, 1.82) is 0 Å². The van der Waals surface area contributed by atoms with Gasteiger partial charge in [0, 0.05) is 57.7 Å². The van der Waals surface area contributed by atoms with Crippen LogP contribution in [0.3, 0.4) is 0 Å². The van der Waals surface area contributed by atoms with Crippen LogP contribution in [0.1, 0.15) is 34.5 Å². The van der Waals surface area contributed by atoms with E-state index in [1.54, 1.807) is 4.90 Å². The van der Waals surface area contributed by atoms with Crippen molar-refractivity contribution in [2.45, 2.75) is 26.3 Å². The molecule has 2 fully saturated rings. The van der Waals surface area contributed by atoms with Crippen LogP contribution in [-0.4, -0.2) is 76.0 Å². The van der Waals surface area contributed by atoms with Crippen molar-refractivity contribution in [1.82, 2.24) is 19.6 Å². The highest BCUT2D eigenvalue weighted by molar-refractivity contribution is 5.86. The van der Waals surface area contributed by atoms with Gasteiger partial charge in [-0.2, -0.15) is 9.78 Å². The van der Waals surface area contributed by atoms with Crippen LogP contribution in [0.4, 0.5) is 10.5 Å². The summed E-state index contributed by atoms with van der Waals surface area (Å²) in [5.41, 5.74) is 3.85. The van der Waals surface area contributed by atoms with Crippen LogP contribution < -0.4 is 4.90 Å². The smallest absolute Gasteiger partial charge is 0.356 e. The lowest BCUT2D eigenvalue weighted by atomic mass is 10.1. The topological polar surface area (TPSA) is 81.9 Å². The van der Waals surface area contributed by atoms with Gasteiger partial charge in [-0.15, -0.1) is 0 Å². The van der Waals surface area contributed by atoms with Crippen LogP contribution >= 0.6 is 0 Å². The van der Waals surface area contributed by atoms with E-state index in [1.165, 1.54) is 41.9 Å². The molecule has 1 amide bonds. The first-order valence-corrected chi connectivity index (χ1v) is 10.2. The number of carbonyl (C=O) groups excluding carboxylic acids is 1. The lowest BCUT2D eigenvalue weighted by Gasteiger charge is -2.34. The minimum Gasteiger partial charge on any atom is -0.476 e. The van der Waals surface area contributed by atoms with E-state index in [0.29, 0.717) is 13.1 Å². The fourth-order valence-corrected chi connectivity index (χ4v) is 4.10. The number of amides is 1. The maximum atomic E-state index is 12.5. The second-order valence-corrected chi connectivity index (χ2v) is 7.81. The molecule has 1 N–H and O–H groups in total. The molecular weight excluding hydrogens is 370 g/mol. The van der Waals surface area contributed by atoms with Crippen molar-refractivity contribution in [3.05, 3.63) is 47.3 Å². The maximum Gasteiger partial charge on any atom is 0.356 e. The number of carbonyl (C=O) groups is 2. The SMILES string of the molecule is Cc1ccc(CN2CCN(C(=O)n3ccc(C(=O)O)n3)CC2)cc1N1CCCC1. The van der Waals surface area contributed by atoms with Crippen LogP contribution in [0.5, 0.6) is 0 Å². The third kappa shape index (κ3) is 4.27. The normalized spacial score (nSPS) is 17.7. The predicted octanol–water partition coefficient (Wildman–Crippen LogP) is 2.28. The van der Waals surface area contributed by atoms with Crippen molar-refractivity contribution < 1.29 is 14.7 Å². The fourth-order valence-electron chi connectivity index (χ4n) is 4.10. The number of carboxylic acids is 1. The predicted molar refractivity (Wildman–Crippen MR) is 109 cm³/mol. The Bertz CT molecular complexity index is 895. The molecular formula is C21H27N5O3. The number of piperazine rings is 1. The zero-order chi connectivity index (χ0) is 20.4. The molecule has 0 unspecified atom stereocenters. The Morgan fingerprint density at radius 3 is 2.41 bits per heavy atom. The Kier molecular flexibility index (Phi) is 5.53. The Hall–Kier alpha value is -2.87. The van der Waals surface area contributed by atoms with Gasteiger partial charge in [0.05, 0.1) is 0 Å². The van der Waals surface area contributed by atoms with Crippen LogP contribution in [0.25, 0.3) is 0 Å². The molecule has 2 aromatic rings. The number of carboxylic acid groups (broad SMARTS) is 1. The third-order valence-electron chi connectivity index (χ3n) is 5.77. The van der Waals surface area contributed by atoms with E-state index >= 15 is 0 Å². The van der Waals surface area contributed by atoms with Gasteiger partial charge in [0.25, 0.3) is 0 Å². The van der Waals surface area contributed by atoms with E-state index in [-0.39, 0.29) is 11.7 Å². The molecule has 1 aromatic heterocycles. The van der Waals surface area contributed by atoms with Gasteiger partial charge in [0.2, 0.25) is 0 Å². The molecule has 2 aliphatic heterocycles. The number of aromatic carboxylic acids is 1. The Balaban J connectivity index is 1.34. The highest BCUT2D eigenvalue weighted by Gasteiger charge is 2.24. The molecule has 2 aliphatic rings. The van der Waals surface area contributed by atoms with Gasteiger partial charge in [-0.3, -0.25) is 4.90 Å². The van der Waals surface area contributed by atoms with E-state index in [2.05, 4.69) is 40.0 Å². The van der Waals surface area contributed by atoms with Gasteiger partial charge >= 0.3 is 12.0 Å². The second-order valence-electron chi connectivity index (χ2n) is 7.81. The molecule has 4 rings (SSSR count). The molecule has 3 heterocycles. The van der Waals surface area contributed by atoms with Crippen LogP contribution in [0, 0.1) is 6.92 Å². The monoisotopic (exact) mass is 397 g/mol. The van der Waals surface area contributed by atoms with Crippen LogP contribution in [0.15, 0.2) is 30.5 Å². The summed E-state index contributed by atoms with van der Waals surface area (Å²) in [6, 6.07) is 7.79. The number of hydrogen-bond donors (Lipinski definition) is 1. The summed E-state index contributed by atoms with van der Waals surface area (Å²) in [4.78, 5) is 30.0. The van der Waals surface area contributed by atoms with E-state index < -0.39 is 5.97 Å². The van der Waals surface area contributed by atoms with Gasteiger partial charge < -0.3 is 14.9 Å². The first-order valence-electron chi connectivity index (χ1n) is 10.2. The standard InChI is InChI=1S/C21H27N5O3/c1-16-4-5-17(14-19(16)24-7-2-3-8-24)15-23-10-12-25(13-11-23)21(29)26-9-6-18(22-26)20(27)28/h4-6,9,14H,2-3,7-8,10-13,15H2,1H3,(H,27,28). The van der Waals surface area contributed by atoms with E-state index in [1.807, 2.05) is 0 Å². The number of anilines is 1. The lowest BCUT2D eigenvalue weighted by Crippen LogP contribution is -2.49. The average molecular weight is 397 g/mol. The van der Waals surface area contributed by atoms with Crippen molar-refractivity contribution in [2.24, 2.45) is 0 Å².